The molecule has 1 aliphatic heterocycles. The predicted octanol–water partition coefficient (Wildman–Crippen LogP) is 1.42. The van der Waals surface area contributed by atoms with Crippen molar-refractivity contribution >= 4 is 11.0 Å². The molecule has 1 aromatic carbocycles. The van der Waals surface area contributed by atoms with Gasteiger partial charge in [0.2, 0.25) is 11.5 Å². The van der Waals surface area contributed by atoms with Crippen molar-refractivity contribution in [2.24, 2.45) is 5.73 Å². The number of nitriles is 1. The Morgan fingerprint density at radius 1 is 1.33 bits per heavy atom. The molecule has 1 aliphatic rings. The van der Waals surface area contributed by atoms with E-state index in [1.54, 1.807) is 12.1 Å². The van der Waals surface area contributed by atoms with Gasteiger partial charge in [0.25, 0.3) is 0 Å². The third-order valence-corrected chi connectivity index (χ3v) is 2.84. The van der Waals surface area contributed by atoms with Crippen molar-refractivity contribution in [1.29, 1.82) is 5.26 Å². The summed E-state index contributed by atoms with van der Waals surface area (Å²) in [5, 5.41) is 9.62. The molecule has 0 spiro atoms. The Kier molecular flexibility index (Phi) is 2.10. The zero-order valence-electron chi connectivity index (χ0n) is 9.27. The fourth-order valence-electron chi connectivity index (χ4n) is 2.01. The Balaban J connectivity index is 2.35. The van der Waals surface area contributed by atoms with Crippen LogP contribution in [-0.4, -0.2) is 0 Å². The average Bonchev–Trinajstić information content (AvgIpc) is 2.38. The quantitative estimate of drug-likeness (QED) is 0.703. The maximum Gasteiger partial charge on any atom is 0.380 e. The second-order valence-electron chi connectivity index (χ2n) is 3.94. The molecule has 0 saturated heterocycles. The van der Waals surface area contributed by atoms with Gasteiger partial charge in [0.05, 0.1) is 5.70 Å². The first kappa shape index (κ1) is 10.4. The van der Waals surface area contributed by atoms with Crippen LogP contribution in [0.5, 0.6) is 5.75 Å². The third-order valence-electron chi connectivity index (χ3n) is 2.84. The first-order valence-corrected chi connectivity index (χ1v) is 5.32. The van der Waals surface area contributed by atoms with Gasteiger partial charge in [-0.1, -0.05) is 18.2 Å². The lowest BCUT2D eigenvalue weighted by Gasteiger charge is -2.17. The number of hydrogen-bond acceptors (Lipinski definition) is 5. The lowest BCUT2D eigenvalue weighted by atomic mass is 10.0. The molecule has 5 heteroatoms. The van der Waals surface area contributed by atoms with Gasteiger partial charge in [-0.25, -0.2) is 4.79 Å². The summed E-state index contributed by atoms with van der Waals surface area (Å²) in [6, 6.07) is 8.97. The van der Waals surface area contributed by atoms with Crippen molar-refractivity contribution in [3.63, 3.8) is 0 Å². The number of allylic oxidation sites excluding steroid dienone is 2. The first-order chi connectivity index (χ1) is 8.70. The molecule has 5 nitrogen and oxygen atoms in total. The minimum absolute atomic E-state index is 0.0370. The summed E-state index contributed by atoms with van der Waals surface area (Å²) in [6.07, 6.45) is 0.310. The summed E-state index contributed by atoms with van der Waals surface area (Å²) in [6.45, 7) is 0. The molecule has 88 valence electrons. The van der Waals surface area contributed by atoms with E-state index in [0.717, 1.165) is 5.39 Å². The van der Waals surface area contributed by atoms with Gasteiger partial charge in [0.15, 0.2) is 0 Å². The molecular formula is C13H8N2O3. The molecular weight excluding hydrogens is 232 g/mol. The van der Waals surface area contributed by atoms with Gasteiger partial charge in [0, 0.05) is 17.4 Å². The SMILES string of the molecule is N#CC1=C(N)Cc2c(c(=O)oc3ccccc23)O1. The van der Waals surface area contributed by atoms with E-state index < -0.39 is 5.63 Å². The van der Waals surface area contributed by atoms with Gasteiger partial charge in [0.1, 0.15) is 11.7 Å². The fraction of sp³-hybridized carbons (Fsp3) is 0.0769. The second kappa shape index (κ2) is 3.64. The Morgan fingerprint density at radius 3 is 2.89 bits per heavy atom. The van der Waals surface area contributed by atoms with Crippen LogP contribution in [0.3, 0.4) is 0 Å². The maximum absolute atomic E-state index is 11.8. The van der Waals surface area contributed by atoms with Gasteiger partial charge in [-0.15, -0.1) is 0 Å². The van der Waals surface area contributed by atoms with E-state index in [2.05, 4.69) is 0 Å². The van der Waals surface area contributed by atoms with Crippen LogP contribution in [-0.2, 0) is 6.42 Å². The number of ether oxygens (including phenoxy) is 1. The highest BCUT2D eigenvalue weighted by Crippen LogP contribution is 2.31. The molecule has 2 heterocycles. The largest absolute Gasteiger partial charge is 0.436 e. The Labute approximate surface area is 102 Å². The molecule has 2 N–H and O–H groups in total. The lowest BCUT2D eigenvalue weighted by molar-refractivity contribution is 0.391. The third kappa shape index (κ3) is 1.36. The molecule has 0 fully saturated rings. The monoisotopic (exact) mass is 240 g/mol. The minimum atomic E-state index is -0.594. The second-order valence-corrected chi connectivity index (χ2v) is 3.94. The van der Waals surface area contributed by atoms with E-state index in [1.807, 2.05) is 18.2 Å². The van der Waals surface area contributed by atoms with Crippen LogP contribution in [0.15, 0.2) is 44.9 Å². The lowest BCUT2D eigenvalue weighted by Crippen LogP contribution is -2.20. The van der Waals surface area contributed by atoms with Crippen molar-refractivity contribution in [3.8, 4) is 11.8 Å². The highest BCUT2D eigenvalue weighted by molar-refractivity contribution is 5.83. The molecule has 0 unspecified atom stereocenters. The summed E-state index contributed by atoms with van der Waals surface area (Å²) >= 11 is 0. The van der Waals surface area contributed by atoms with Gasteiger partial charge >= 0.3 is 5.63 Å². The van der Waals surface area contributed by atoms with Crippen molar-refractivity contribution in [1.82, 2.24) is 0 Å². The molecule has 0 aliphatic carbocycles. The Hall–Kier alpha value is -2.74. The summed E-state index contributed by atoms with van der Waals surface area (Å²) in [4.78, 5) is 11.8. The molecule has 0 radical (unpaired) electrons. The number of para-hydroxylation sites is 1. The zero-order chi connectivity index (χ0) is 12.7. The van der Waals surface area contributed by atoms with Crippen molar-refractivity contribution in [3.05, 3.63) is 51.7 Å². The first-order valence-electron chi connectivity index (χ1n) is 5.32. The molecule has 0 amide bonds. The number of hydrogen-bond donors (Lipinski definition) is 1. The topological polar surface area (TPSA) is 89.2 Å². The average molecular weight is 240 g/mol. The summed E-state index contributed by atoms with van der Waals surface area (Å²) in [5.41, 5.74) is 6.62. The molecule has 0 atom stereocenters. The number of nitrogens with two attached hydrogens (primary N) is 1. The van der Waals surface area contributed by atoms with Crippen molar-refractivity contribution < 1.29 is 9.15 Å². The van der Waals surface area contributed by atoms with E-state index >= 15 is 0 Å². The molecule has 2 aromatic rings. The molecule has 3 rings (SSSR count). The van der Waals surface area contributed by atoms with Gasteiger partial charge in [-0.3, -0.25) is 0 Å². The predicted molar refractivity (Wildman–Crippen MR) is 63.6 cm³/mol. The van der Waals surface area contributed by atoms with Crippen LogP contribution in [0, 0.1) is 11.3 Å². The van der Waals surface area contributed by atoms with Crippen molar-refractivity contribution in [2.45, 2.75) is 6.42 Å². The fourth-order valence-corrected chi connectivity index (χ4v) is 2.01. The molecule has 0 bridgehead atoms. The Bertz CT molecular complexity index is 781. The van der Waals surface area contributed by atoms with Crippen LogP contribution >= 0.6 is 0 Å². The highest BCUT2D eigenvalue weighted by Gasteiger charge is 2.24. The molecule has 0 saturated carbocycles. The maximum atomic E-state index is 11.8. The van der Waals surface area contributed by atoms with E-state index in [-0.39, 0.29) is 11.5 Å². The Morgan fingerprint density at radius 2 is 2.11 bits per heavy atom. The van der Waals surface area contributed by atoms with Gasteiger partial charge in [-0.05, 0) is 6.07 Å². The normalized spacial score (nSPS) is 13.9. The number of rotatable bonds is 0. The number of nitrogens with zero attached hydrogens (tertiary/aromatic N) is 1. The highest BCUT2D eigenvalue weighted by atomic mass is 16.5. The standard InChI is InChI=1S/C13H8N2O3/c14-6-11-9(15)5-8-7-3-1-2-4-10(7)18-13(16)12(8)17-11/h1-4H,5,15H2. The minimum Gasteiger partial charge on any atom is -0.436 e. The number of fused-ring (bicyclic) bond motifs is 3. The van der Waals surface area contributed by atoms with E-state index in [1.165, 1.54) is 0 Å². The van der Waals surface area contributed by atoms with Crippen LogP contribution in [0.2, 0.25) is 0 Å². The summed E-state index contributed by atoms with van der Waals surface area (Å²) in [5.74, 6) is 0.0181. The van der Waals surface area contributed by atoms with E-state index in [4.69, 9.17) is 20.1 Å². The zero-order valence-corrected chi connectivity index (χ0v) is 9.27. The van der Waals surface area contributed by atoms with Gasteiger partial charge in [-0.2, -0.15) is 5.26 Å². The summed E-state index contributed by atoms with van der Waals surface area (Å²) < 4.78 is 10.4. The van der Waals surface area contributed by atoms with E-state index in [0.29, 0.717) is 23.3 Å². The smallest absolute Gasteiger partial charge is 0.380 e. The molecule has 1 aromatic heterocycles. The van der Waals surface area contributed by atoms with Crippen LogP contribution in [0.1, 0.15) is 5.56 Å². The summed E-state index contributed by atoms with van der Waals surface area (Å²) in [7, 11) is 0. The number of benzene rings is 1. The van der Waals surface area contributed by atoms with Gasteiger partial charge < -0.3 is 14.9 Å². The van der Waals surface area contributed by atoms with E-state index in [9.17, 15) is 4.79 Å². The van der Waals surface area contributed by atoms with Crippen LogP contribution in [0.25, 0.3) is 11.0 Å². The van der Waals surface area contributed by atoms with Crippen molar-refractivity contribution in [2.75, 3.05) is 0 Å². The van der Waals surface area contributed by atoms with Crippen LogP contribution < -0.4 is 16.1 Å². The molecule has 18 heavy (non-hydrogen) atoms. The van der Waals surface area contributed by atoms with Crippen LogP contribution in [0.4, 0.5) is 0 Å².